The lowest BCUT2D eigenvalue weighted by Gasteiger charge is -2.10. The van der Waals surface area contributed by atoms with E-state index in [0.717, 1.165) is 39.6 Å². The maximum absolute atomic E-state index is 12.5. The number of carbonyl (C=O) groups excluding carboxylic acids is 1. The van der Waals surface area contributed by atoms with E-state index in [0.29, 0.717) is 18.0 Å². The number of amides is 1. The Morgan fingerprint density at radius 3 is 2.50 bits per heavy atom. The molecule has 0 spiro atoms. The number of thioether (sulfide) groups is 1. The summed E-state index contributed by atoms with van der Waals surface area (Å²) in [5.41, 5.74) is 4.88. The number of hydrogen-bond acceptors (Lipinski definition) is 5. The van der Waals surface area contributed by atoms with Crippen LogP contribution < -0.4 is 5.32 Å². The van der Waals surface area contributed by atoms with Gasteiger partial charge in [-0.25, -0.2) is 4.98 Å². The van der Waals surface area contributed by atoms with E-state index < -0.39 is 0 Å². The summed E-state index contributed by atoms with van der Waals surface area (Å²) in [4.78, 5) is 20.6. The molecule has 5 rings (SSSR count). The van der Waals surface area contributed by atoms with Crippen LogP contribution in [-0.2, 0) is 17.6 Å². The first kappa shape index (κ1) is 21.9. The van der Waals surface area contributed by atoms with Crippen molar-refractivity contribution in [1.82, 2.24) is 24.7 Å². The Kier molecular flexibility index (Phi) is 6.40. The summed E-state index contributed by atoms with van der Waals surface area (Å²) in [5.74, 6) is 1.89. The van der Waals surface area contributed by atoms with Crippen molar-refractivity contribution in [3.63, 3.8) is 0 Å². The molecule has 0 bridgehead atoms. The molecule has 34 heavy (non-hydrogen) atoms. The first-order chi connectivity index (χ1) is 16.7. The summed E-state index contributed by atoms with van der Waals surface area (Å²) in [5, 5.41) is 12.5. The number of imidazole rings is 1. The zero-order valence-electron chi connectivity index (χ0n) is 18.7. The lowest BCUT2D eigenvalue weighted by molar-refractivity contribution is -0.113. The average molecular weight is 469 g/mol. The van der Waals surface area contributed by atoms with Gasteiger partial charge in [0.2, 0.25) is 5.91 Å². The molecule has 1 amide bonds. The molecule has 0 aliphatic carbocycles. The molecule has 0 saturated heterocycles. The van der Waals surface area contributed by atoms with E-state index in [1.54, 1.807) is 0 Å². The highest BCUT2D eigenvalue weighted by molar-refractivity contribution is 7.99. The Balaban J connectivity index is 1.32. The number of H-pyrrole nitrogens is 1. The van der Waals surface area contributed by atoms with Gasteiger partial charge in [-0.1, -0.05) is 59.8 Å². The van der Waals surface area contributed by atoms with Crippen LogP contribution in [0.15, 0.2) is 84.0 Å². The summed E-state index contributed by atoms with van der Waals surface area (Å²) in [6.07, 6.45) is 1.37. The van der Waals surface area contributed by atoms with Crippen molar-refractivity contribution in [3.8, 4) is 5.69 Å². The number of para-hydroxylation sites is 3. The number of aromatic nitrogens is 5. The predicted molar refractivity (Wildman–Crippen MR) is 135 cm³/mol. The van der Waals surface area contributed by atoms with Crippen LogP contribution in [-0.4, -0.2) is 36.4 Å². The number of hydrogen-bond donors (Lipinski definition) is 2. The molecule has 2 aromatic heterocycles. The summed E-state index contributed by atoms with van der Waals surface area (Å²) < 4.78 is 2.02. The zero-order valence-corrected chi connectivity index (χ0v) is 19.5. The second-order valence-corrected chi connectivity index (χ2v) is 8.92. The maximum Gasteiger partial charge on any atom is 0.234 e. The van der Waals surface area contributed by atoms with Crippen LogP contribution in [0, 0.1) is 6.92 Å². The number of carbonyl (C=O) groups is 1. The topological polar surface area (TPSA) is 88.5 Å². The number of nitrogens with zero attached hydrogens (tertiary/aromatic N) is 4. The minimum atomic E-state index is -0.0831. The number of benzene rings is 3. The van der Waals surface area contributed by atoms with Crippen LogP contribution >= 0.6 is 11.8 Å². The molecule has 7 nitrogen and oxygen atoms in total. The minimum absolute atomic E-state index is 0.0831. The molecule has 0 radical (unpaired) electrons. The maximum atomic E-state index is 12.5. The molecule has 8 heteroatoms. The van der Waals surface area contributed by atoms with E-state index >= 15 is 0 Å². The fourth-order valence-electron chi connectivity index (χ4n) is 3.71. The van der Waals surface area contributed by atoms with Gasteiger partial charge in [0.15, 0.2) is 5.16 Å². The molecule has 0 aliphatic rings. The molecule has 0 atom stereocenters. The van der Waals surface area contributed by atoms with Gasteiger partial charge in [0.1, 0.15) is 11.6 Å². The number of aromatic amines is 1. The second kappa shape index (κ2) is 9.93. The lowest BCUT2D eigenvalue weighted by atomic mass is 10.2. The fourth-order valence-corrected chi connectivity index (χ4v) is 4.48. The summed E-state index contributed by atoms with van der Waals surface area (Å²) in [7, 11) is 0. The predicted octanol–water partition coefficient (Wildman–Crippen LogP) is 4.97. The van der Waals surface area contributed by atoms with Crippen molar-refractivity contribution in [1.29, 1.82) is 0 Å². The third-order valence-electron chi connectivity index (χ3n) is 5.41. The molecule has 0 aliphatic heterocycles. The number of anilines is 1. The van der Waals surface area contributed by atoms with Crippen molar-refractivity contribution in [3.05, 3.63) is 96.1 Å². The third kappa shape index (κ3) is 5.02. The number of rotatable bonds is 8. The van der Waals surface area contributed by atoms with Gasteiger partial charge >= 0.3 is 0 Å². The smallest absolute Gasteiger partial charge is 0.234 e. The fraction of sp³-hybridized carbons (Fsp3) is 0.154. The first-order valence-corrected chi connectivity index (χ1v) is 12.1. The van der Waals surface area contributed by atoms with E-state index in [1.165, 1.54) is 11.8 Å². The monoisotopic (exact) mass is 468 g/mol. The van der Waals surface area contributed by atoms with Gasteiger partial charge < -0.3 is 10.3 Å². The Morgan fingerprint density at radius 1 is 0.941 bits per heavy atom. The highest BCUT2D eigenvalue weighted by Crippen LogP contribution is 2.23. The van der Waals surface area contributed by atoms with E-state index in [-0.39, 0.29) is 11.7 Å². The molecule has 5 aromatic rings. The quantitative estimate of drug-likeness (QED) is 0.314. The first-order valence-electron chi connectivity index (χ1n) is 11.1. The highest BCUT2D eigenvalue weighted by Gasteiger charge is 2.16. The number of nitrogens with one attached hydrogen (secondary N) is 2. The Labute approximate surface area is 201 Å². The summed E-state index contributed by atoms with van der Waals surface area (Å²) in [6, 6.07) is 25.7. The van der Waals surface area contributed by atoms with Crippen molar-refractivity contribution < 1.29 is 4.79 Å². The molecule has 2 heterocycles. The lowest BCUT2D eigenvalue weighted by Crippen LogP contribution is -2.14. The number of fused-ring (bicyclic) bond motifs is 1. The van der Waals surface area contributed by atoms with Gasteiger partial charge in [-0.3, -0.25) is 9.36 Å². The van der Waals surface area contributed by atoms with Crippen LogP contribution in [0.3, 0.4) is 0 Å². The van der Waals surface area contributed by atoms with Crippen LogP contribution in [0.1, 0.15) is 17.2 Å². The van der Waals surface area contributed by atoms with Crippen LogP contribution in [0.5, 0.6) is 0 Å². The third-order valence-corrected chi connectivity index (χ3v) is 6.34. The molecule has 0 unspecified atom stereocenters. The Morgan fingerprint density at radius 2 is 1.71 bits per heavy atom. The summed E-state index contributed by atoms with van der Waals surface area (Å²) in [6.45, 7) is 2.02. The standard InChI is InChI=1S/C26H24N6OS/c1-18-11-13-19(14-12-18)27-25(33)17-34-26-31-30-24(32(26)20-7-3-2-4-8-20)16-15-23-28-21-9-5-6-10-22(21)29-23/h2-14H,15-17H2,1H3,(H,27,33)(H,28,29). The molecule has 0 saturated carbocycles. The van der Waals surface area contributed by atoms with Gasteiger partial charge in [-0.2, -0.15) is 0 Å². The van der Waals surface area contributed by atoms with Crippen molar-refractivity contribution in [2.75, 3.05) is 11.1 Å². The SMILES string of the molecule is Cc1ccc(NC(=O)CSc2nnc(CCc3nc4ccccc4[nH]3)n2-c2ccccc2)cc1. The van der Waals surface area contributed by atoms with Gasteiger partial charge in [-0.15, -0.1) is 10.2 Å². The van der Waals surface area contributed by atoms with Crippen LogP contribution in [0.4, 0.5) is 5.69 Å². The van der Waals surface area contributed by atoms with Gasteiger partial charge in [0.25, 0.3) is 0 Å². The molecule has 0 fully saturated rings. The van der Waals surface area contributed by atoms with E-state index in [9.17, 15) is 4.79 Å². The molecule has 2 N–H and O–H groups in total. The van der Waals surface area contributed by atoms with Gasteiger partial charge in [-0.05, 0) is 43.3 Å². The number of aryl methyl sites for hydroxylation is 3. The molecule has 3 aromatic carbocycles. The van der Waals surface area contributed by atoms with E-state index in [1.807, 2.05) is 90.4 Å². The summed E-state index contributed by atoms with van der Waals surface area (Å²) >= 11 is 1.37. The Bertz CT molecular complexity index is 1380. The van der Waals surface area contributed by atoms with Crippen molar-refractivity contribution in [2.45, 2.75) is 24.9 Å². The van der Waals surface area contributed by atoms with Crippen LogP contribution in [0.25, 0.3) is 16.7 Å². The second-order valence-electron chi connectivity index (χ2n) is 7.97. The Hall–Kier alpha value is -3.91. The molecular weight excluding hydrogens is 444 g/mol. The van der Waals surface area contributed by atoms with E-state index in [4.69, 9.17) is 0 Å². The minimum Gasteiger partial charge on any atom is -0.342 e. The average Bonchev–Trinajstić information content (AvgIpc) is 3.47. The molecule has 170 valence electrons. The van der Waals surface area contributed by atoms with Crippen molar-refractivity contribution >= 4 is 34.4 Å². The van der Waals surface area contributed by atoms with E-state index in [2.05, 4.69) is 25.5 Å². The van der Waals surface area contributed by atoms with Crippen molar-refractivity contribution in [2.24, 2.45) is 0 Å². The highest BCUT2D eigenvalue weighted by atomic mass is 32.2. The molecular formula is C26H24N6OS. The largest absolute Gasteiger partial charge is 0.342 e. The van der Waals surface area contributed by atoms with Crippen LogP contribution in [0.2, 0.25) is 0 Å². The van der Waals surface area contributed by atoms with Gasteiger partial charge in [0, 0.05) is 24.2 Å². The zero-order chi connectivity index (χ0) is 23.3. The van der Waals surface area contributed by atoms with Gasteiger partial charge in [0.05, 0.1) is 16.8 Å². The normalized spacial score (nSPS) is 11.1.